The molecule has 5 heteroatoms. The van der Waals surface area contributed by atoms with Crippen LogP contribution in [-0.2, 0) is 11.4 Å². The summed E-state index contributed by atoms with van der Waals surface area (Å²) in [4.78, 5) is 12.2. The van der Waals surface area contributed by atoms with E-state index in [9.17, 15) is 9.90 Å². The molecule has 1 aromatic heterocycles. The molecular weight excluding hydrogens is 282 g/mol. The third-order valence-corrected chi connectivity index (χ3v) is 3.83. The number of carbonyl (C=O) groups excluding carboxylic acids is 1. The molecule has 22 heavy (non-hydrogen) atoms. The van der Waals surface area contributed by atoms with Crippen molar-refractivity contribution >= 4 is 11.6 Å². The Hall–Kier alpha value is -2.27. The van der Waals surface area contributed by atoms with Gasteiger partial charge in [-0.05, 0) is 43.7 Å². The van der Waals surface area contributed by atoms with E-state index in [2.05, 4.69) is 5.32 Å². The molecule has 0 spiro atoms. The van der Waals surface area contributed by atoms with E-state index in [0.717, 1.165) is 12.2 Å². The average Bonchev–Trinajstić information content (AvgIpc) is 3.15. The Morgan fingerprint density at radius 3 is 3.00 bits per heavy atom. The first-order valence-corrected chi connectivity index (χ1v) is 7.43. The van der Waals surface area contributed by atoms with Crippen LogP contribution in [0, 0.1) is 5.92 Å². The van der Waals surface area contributed by atoms with Gasteiger partial charge in [0.2, 0.25) is 5.91 Å². The maximum absolute atomic E-state index is 12.2. The van der Waals surface area contributed by atoms with Crippen LogP contribution in [0.3, 0.4) is 0 Å². The van der Waals surface area contributed by atoms with Gasteiger partial charge in [-0.2, -0.15) is 0 Å². The summed E-state index contributed by atoms with van der Waals surface area (Å²) in [7, 11) is 0. The molecule has 2 N–H and O–H groups in total. The second-order valence-corrected chi connectivity index (χ2v) is 5.37. The highest BCUT2D eigenvalue weighted by Gasteiger charge is 2.45. The van der Waals surface area contributed by atoms with E-state index in [-0.39, 0.29) is 24.3 Å². The van der Waals surface area contributed by atoms with Gasteiger partial charge in [-0.15, -0.1) is 0 Å². The van der Waals surface area contributed by atoms with Crippen LogP contribution in [-0.4, -0.2) is 17.6 Å². The van der Waals surface area contributed by atoms with Gasteiger partial charge in [0.15, 0.2) is 0 Å². The number of nitrogens with one attached hydrogen (secondary N) is 1. The monoisotopic (exact) mass is 301 g/mol. The van der Waals surface area contributed by atoms with E-state index in [4.69, 9.17) is 9.15 Å². The van der Waals surface area contributed by atoms with Crippen LogP contribution in [0.15, 0.2) is 41.0 Å². The van der Waals surface area contributed by atoms with Crippen LogP contribution in [0.4, 0.5) is 5.69 Å². The van der Waals surface area contributed by atoms with E-state index in [1.165, 1.54) is 0 Å². The number of rotatable bonds is 6. The highest BCUT2D eigenvalue weighted by atomic mass is 16.5. The number of hydrogen-bond acceptors (Lipinski definition) is 4. The summed E-state index contributed by atoms with van der Waals surface area (Å²) >= 11 is 0. The van der Waals surface area contributed by atoms with Gasteiger partial charge in [0.1, 0.15) is 11.5 Å². The van der Waals surface area contributed by atoms with Crippen molar-refractivity contribution in [2.24, 2.45) is 5.92 Å². The molecule has 1 amide bonds. The van der Waals surface area contributed by atoms with Crippen molar-refractivity contribution in [2.75, 3.05) is 11.9 Å². The molecule has 2 atom stereocenters. The SMILES string of the molecule is CCOc1ccc(NC(=O)C2CC2c2ccco2)cc1CO. The highest BCUT2D eigenvalue weighted by Crippen LogP contribution is 2.48. The van der Waals surface area contributed by atoms with Crippen molar-refractivity contribution in [3.05, 3.63) is 47.9 Å². The molecule has 0 radical (unpaired) electrons. The van der Waals surface area contributed by atoms with Crippen molar-refractivity contribution in [1.29, 1.82) is 0 Å². The van der Waals surface area contributed by atoms with Crippen LogP contribution in [0.1, 0.15) is 30.6 Å². The number of amides is 1. The van der Waals surface area contributed by atoms with E-state index in [1.54, 1.807) is 24.5 Å². The average molecular weight is 301 g/mol. The normalized spacial score (nSPS) is 19.7. The first kappa shape index (κ1) is 14.7. The fraction of sp³-hybridized carbons (Fsp3) is 0.353. The van der Waals surface area contributed by atoms with Gasteiger partial charge in [0.05, 0.1) is 19.5 Å². The van der Waals surface area contributed by atoms with Gasteiger partial charge in [-0.25, -0.2) is 0 Å². The zero-order valence-corrected chi connectivity index (χ0v) is 12.4. The smallest absolute Gasteiger partial charge is 0.228 e. The molecule has 1 aromatic carbocycles. The molecule has 1 heterocycles. The van der Waals surface area contributed by atoms with Crippen molar-refractivity contribution in [1.82, 2.24) is 0 Å². The molecule has 0 bridgehead atoms. The van der Waals surface area contributed by atoms with Crippen molar-refractivity contribution in [2.45, 2.75) is 25.9 Å². The summed E-state index contributed by atoms with van der Waals surface area (Å²) in [5.74, 6) is 1.62. The Morgan fingerprint density at radius 1 is 1.45 bits per heavy atom. The maximum atomic E-state index is 12.2. The molecule has 3 rings (SSSR count). The number of carbonyl (C=O) groups is 1. The largest absolute Gasteiger partial charge is 0.494 e. The maximum Gasteiger partial charge on any atom is 0.228 e. The number of anilines is 1. The van der Waals surface area contributed by atoms with Gasteiger partial charge in [0.25, 0.3) is 0 Å². The molecule has 0 aliphatic heterocycles. The van der Waals surface area contributed by atoms with Crippen molar-refractivity contribution in [3.63, 3.8) is 0 Å². The fourth-order valence-corrected chi connectivity index (χ4v) is 2.61. The first-order chi connectivity index (χ1) is 10.7. The van der Waals surface area contributed by atoms with E-state index in [0.29, 0.717) is 23.6 Å². The Bertz CT molecular complexity index is 651. The molecule has 1 aliphatic carbocycles. The van der Waals surface area contributed by atoms with Crippen molar-refractivity contribution in [3.8, 4) is 5.75 Å². The number of hydrogen-bond donors (Lipinski definition) is 2. The van der Waals surface area contributed by atoms with Gasteiger partial charge in [-0.1, -0.05) is 0 Å². The molecule has 1 aliphatic rings. The van der Waals surface area contributed by atoms with E-state index >= 15 is 0 Å². The number of aliphatic hydroxyl groups is 1. The molecule has 0 saturated heterocycles. The summed E-state index contributed by atoms with van der Waals surface area (Å²) in [6, 6.07) is 9.03. The lowest BCUT2D eigenvalue weighted by atomic mass is 10.1. The number of aliphatic hydroxyl groups excluding tert-OH is 1. The Labute approximate surface area is 128 Å². The zero-order valence-electron chi connectivity index (χ0n) is 12.4. The molecule has 1 saturated carbocycles. The minimum absolute atomic E-state index is 0.0190. The van der Waals surface area contributed by atoms with Crippen LogP contribution in [0.5, 0.6) is 5.75 Å². The minimum Gasteiger partial charge on any atom is -0.494 e. The predicted octanol–water partition coefficient (Wildman–Crippen LogP) is 2.91. The second kappa shape index (κ2) is 6.23. The molecule has 2 aromatic rings. The zero-order chi connectivity index (χ0) is 15.5. The molecule has 2 unspecified atom stereocenters. The Balaban J connectivity index is 1.65. The highest BCUT2D eigenvalue weighted by molar-refractivity contribution is 5.95. The third-order valence-electron chi connectivity index (χ3n) is 3.83. The second-order valence-electron chi connectivity index (χ2n) is 5.37. The lowest BCUT2D eigenvalue weighted by molar-refractivity contribution is -0.117. The first-order valence-electron chi connectivity index (χ1n) is 7.43. The van der Waals surface area contributed by atoms with E-state index in [1.807, 2.05) is 19.1 Å². The fourth-order valence-electron chi connectivity index (χ4n) is 2.61. The molecule has 1 fully saturated rings. The van der Waals surface area contributed by atoms with Crippen LogP contribution in [0.25, 0.3) is 0 Å². The molecular formula is C17H19NO4. The summed E-state index contributed by atoms with van der Waals surface area (Å²) in [5, 5.41) is 12.3. The van der Waals surface area contributed by atoms with Crippen LogP contribution in [0.2, 0.25) is 0 Å². The van der Waals surface area contributed by atoms with Gasteiger partial charge >= 0.3 is 0 Å². The minimum atomic E-state index is -0.127. The Morgan fingerprint density at radius 2 is 2.32 bits per heavy atom. The number of ether oxygens (including phenoxy) is 1. The van der Waals surface area contributed by atoms with Crippen LogP contribution >= 0.6 is 0 Å². The quantitative estimate of drug-likeness (QED) is 0.860. The molecule has 5 nitrogen and oxygen atoms in total. The lowest BCUT2D eigenvalue weighted by Gasteiger charge is -2.11. The summed E-state index contributed by atoms with van der Waals surface area (Å²) in [6.07, 6.45) is 2.44. The predicted molar refractivity (Wildman–Crippen MR) is 81.7 cm³/mol. The van der Waals surface area contributed by atoms with Gasteiger partial charge < -0.3 is 19.6 Å². The van der Waals surface area contributed by atoms with E-state index < -0.39 is 0 Å². The number of benzene rings is 1. The third kappa shape index (κ3) is 2.99. The number of furan rings is 1. The Kier molecular flexibility index (Phi) is 4.15. The van der Waals surface area contributed by atoms with Gasteiger partial charge in [-0.3, -0.25) is 4.79 Å². The topological polar surface area (TPSA) is 71.7 Å². The van der Waals surface area contributed by atoms with Crippen LogP contribution < -0.4 is 10.1 Å². The van der Waals surface area contributed by atoms with Gasteiger partial charge in [0, 0.05) is 23.1 Å². The van der Waals surface area contributed by atoms with Crippen molar-refractivity contribution < 1.29 is 19.1 Å². The summed E-state index contributed by atoms with van der Waals surface area (Å²) in [5.41, 5.74) is 1.33. The standard InChI is InChI=1S/C17H19NO4/c1-2-21-15-6-5-12(8-11(15)10-19)18-17(20)14-9-13(14)16-4-3-7-22-16/h3-8,13-14,19H,2,9-10H2,1H3,(H,18,20). The summed E-state index contributed by atoms with van der Waals surface area (Å²) in [6.45, 7) is 2.29. The molecule has 116 valence electrons. The summed E-state index contributed by atoms with van der Waals surface area (Å²) < 4.78 is 10.8. The lowest BCUT2D eigenvalue weighted by Crippen LogP contribution is -2.14.